The van der Waals surface area contributed by atoms with Gasteiger partial charge in [-0.05, 0) is 0 Å². The van der Waals surface area contributed by atoms with E-state index in [-0.39, 0.29) is 5.54 Å². The molecule has 2 heterocycles. The van der Waals surface area contributed by atoms with Gasteiger partial charge in [-0.1, -0.05) is 92.5 Å². The van der Waals surface area contributed by atoms with Crippen molar-refractivity contribution < 1.29 is 0 Å². The van der Waals surface area contributed by atoms with Gasteiger partial charge in [0.25, 0.3) is 12.1 Å². The predicted molar refractivity (Wildman–Crippen MR) is 151 cm³/mol. The molecule has 0 bridgehead atoms. The van der Waals surface area contributed by atoms with Crippen LogP contribution in [0.15, 0.2) is 71.4 Å². The maximum absolute atomic E-state index is 7.21. The van der Waals surface area contributed by atoms with Crippen molar-refractivity contribution in [3.63, 3.8) is 0 Å². The van der Waals surface area contributed by atoms with E-state index in [9.17, 15) is 0 Å². The second kappa shape index (κ2) is 13.5. The van der Waals surface area contributed by atoms with E-state index in [0.717, 1.165) is 56.0 Å². The number of thiazole rings is 2. The zero-order chi connectivity index (χ0) is 24.2. The van der Waals surface area contributed by atoms with Gasteiger partial charge in [0.05, 0.1) is 11.4 Å². The van der Waals surface area contributed by atoms with Crippen molar-refractivity contribution in [1.29, 1.82) is 0 Å². The van der Waals surface area contributed by atoms with E-state index in [1.807, 2.05) is 53.9 Å². The highest BCUT2D eigenvalue weighted by Crippen LogP contribution is 2.51. The molecule has 0 N–H and O–H groups in total. The molecule has 8 heteroatoms. The highest BCUT2D eigenvalue weighted by atomic mass is 79.9. The van der Waals surface area contributed by atoms with Gasteiger partial charge in [-0.25, -0.2) is 23.1 Å². The quantitative estimate of drug-likeness (QED) is 0.167. The largest absolute Gasteiger partial charge is 0.309 e. The minimum atomic E-state index is -0.266. The lowest BCUT2D eigenvalue weighted by atomic mass is 10.2. The van der Waals surface area contributed by atoms with Gasteiger partial charge in [0.2, 0.25) is 0 Å². The molecule has 34 heavy (non-hydrogen) atoms. The molecule has 0 spiro atoms. The van der Waals surface area contributed by atoms with Crippen LogP contribution in [0.3, 0.4) is 0 Å². The van der Waals surface area contributed by atoms with Crippen molar-refractivity contribution in [2.24, 2.45) is 0 Å². The molecule has 1 aliphatic rings. The summed E-state index contributed by atoms with van der Waals surface area (Å²) in [6, 6.07) is 20.1. The maximum atomic E-state index is 7.21. The monoisotopic (exact) mass is 612 g/mol. The fourth-order valence-corrected chi connectivity index (χ4v) is 4.67. The second-order valence-electron chi connectivity index (χ2n) is 7.23. The standard InChI is InChI=1S/C13H10N2S.C11H8N2S.C2H4Br2/c1-14-13(7-8-13)12-15-11(9-16-12)10-5-3-2-4-6-10;1-12-7-11-13-10(8-14-11)9-5-3-2-4-6-9;3-1-2-4/h2-6,9H,7-8H2;2-6,8H,7H2;1-2H2. The highest BCUT2D eigenvalue weighted by Gasteiger charge is 2.55. The third-order valence-corrected chi connectivity index (χ3v) is 8.54. The summed E-state index contributed by atoms with van der Waals surface area (Å²) in [6.45, 7) is 14.3. The summed E-state index contributed by atoms with van der Waals surface area (Å²) in [7, 11) is 0. The van der Waals surface area contributed by atoms with E-state index < -0.39 is 0 Å². The number of hydrogen-bond donors (Lipinski definition) is 0. The van der Waals surface area contributed by atoms with Crippen molar-refractivity contribution in [2.45, 2.75) is 24.9 Å². The lowest BCUT2D eigenvalue weighted by Gasteiger charge is -1.96. The average Bonchev–Trinajstić information content (AvgIpc) is 3.29. The molecule has 1 saturated carbocycles. The summed E-state index contributed by atoms with van der Waals surface area (Å²) in [5, 5.41) is 8.02. The fourth-order valence-electron chi connectivity index (χ4n) is 2.91. The molecule has 1 fully saturated rings. The van der Waals surface area contributed by atoms with Crippen LogP contribution in [0, 0.1) is 13.1 Å². The van der Waals surface area contributed by atoms with Crippen LogP contribution >= 0.6 is 54.5 Å². The summed E-state index contributed by atoms with van der Waals surface area (Å²) < 4.78 is 0. The van der Waals surface area contributed by atoms with Gasteiger partial charge in [0.15, 0.2) is 10.0 Å². The molecule has 2 aromatic heterocycles. The van der Waals surface area contributed by atoms with Crippen LogP contribution in [-0.4, -0.2) is 20.6 Å². The van der Waals surface area contributed by atoms with Gasteiger partial charge in [0.1, 0.15) is 0 Å². The van der Waals surface area contributed by atoms with Crippen LogP contribution in [0.4, 0.5) is 0 Å². The van der Waals surface area contributed by atoms with Crippen molar-refractivity contribution >= 4 is 54.5 Å². The van der Waals surface area contributed by atoms with Crippen LogP contribution in [-0.2, 0) is 12.1 Å². The number of hydrogen-bond acceptors (Lipinski definition) is 4. The Kier molecular flexibility index (Phi) is 10.4. The van der Waals surface area contributed by atoms with E-state index in [2.05, 4.69) is 69.0 Å². The Morgan fingerprint density at radius 2 is 1.32 bits per heavy atom. The number of aromatic nitrogens is 2. The minimum absolute atomic E-state index is 0.266. The van der Waals surface area contributed by atoms with Crippen LogP contribution in [0.1, 0.15) is 22.9 Å². The summed E-state index contributed by atoms with van der Waals surface area (Å²) >= 11 is 9.56. The number of nitrogens with zero attached hydrogens (tertiary/aromatic N) is 4. The van der Waals surface area contributed by atoms with Gasteiger partial charge in [-0.2, -0.15) is 0 Å². The predicted octanol–water partition coefficient (Wildman–Crippen LogP) is 8.72. The Hall–Kier alpha value is -2.36. The zero-order valence-corrected chi connectivity index (χ0v) is 23.1. The molecule has 0 saturated heterocycles. The van der Waals surface area contributed by atoms with Gasteiger partial charge < -0.3 is 9.69 Å². The summed E-state index contributed by atoms with van der Waals surface area (Å²) in [5.41, 5.74) is 3.94. The summed E-state index contributed by atoms with van der Waals surface area (Å²) in [4.78, 5) is 16.0. The first kappa shape index (κ1) is 26.2. The Bertz CT molecular complexity index is 1240. The molecular weight excluding hydrogens is 592 g/mol. The number of rotatable bonds is 5. The lowest BCUT2D eigenvalue weighted by Crippen LogP contribution is -1.97. The van der Waals surface area contributed by atoms with Crippen LogP contribution in [0.2, 0.25) is 0 Å². The summed E-state index contributed by atoms with van der Waals surface area (Å²) in [5.74, 6) is 0. The van der Waals surface area contributed by atoms with Crippen molar-refractivity contribution in [3.8, 4) is 22.5 Å². The Balaban J connectivity index is 0.000000166. The Morgan fingerprint density at radius 3 is 1.79 bits per heavy atom. The lowest BCUT2D eigenvalue weighted by molar-refractivity contribution is 0.868. The molecule has 5 rings (SSSR count). The number of benzene rings is 2. The summed E-state index contributed by atoms with van der Waals surface area (Å²) in [6.07, 6.45) is 1.94. The third kappa shape index (κ3) is 7.32. The average molecular weight is 614 g/mol. The van der Waals surface area contributed by atoms with Gasteiger partial charge in [0, 0.05) is 45.4 Å². The molecule has 4 nitrogen and oxygen atoms in total. The van der Waals surface area contributed by atoms with Crippen LogP contribution in [0.25, 0.3) is 32.2 Å². The first-order chi connectivity index (χ1) is 16.7. The molecule has 0 aliphatic heterocycles. The smallest absolute Gasteiger partial charge is 0.283 e. The van der Waals surface area contributed by atoms with E-state index >= 15 is 0 Å². The topological polar surface area (TPSA) is 34.5 Å². The van der Waals surface area contributed by atoms with E-state index in [0.29, 0.717) is 6.54 Å². The van der Waals surface area contributed by atoms with E-state index in [1.165, 1.54) is 0 Å². The van der Waals surface area contributed by atoms with Gasteiger partial charge >= 0.3 is 0 Å². The molecule has 1 aliphatic carbocycles. The first-order valence-electron chi connectivity index (χ1n) is 10.5. The highest BCUT2D eigenvalue weighted by molar-refractivity contribution is 9.11. The van der Waals surface area contributed by atoms with Crippen LogP contribution < -0.4 is 0 Å². The Morgan fingerprint density at radius 1 is 0.794 bits per heavy atom. The van der Waals surface area contributed by atoms with Crippen LogP contribution in [0.5, 0.6) is 0 Å². The van der Waals surface area contributed by atoms with E-state index in [1.54, 1.807) is 22.7 Å². The molecule has 0 radical (unpaired) electrons. The molecule has 172 valence electrons. The van der Waals surface area contributed by atoms with Gasteiger partial charge in [-0.15, -0.1) is 22.7 Å². The minimum Gasteiger partial charge on any atom is -0.309 e. The van der Waals surface area contributed by atoms with Crippen molar-refractivity contribution in [2.75, 3.05) is 10.7 Å². The second-order valence-corrected chi connectivity index (χ2v) is 10.6. The molecule has 4 aromatic rings. The van der Waals surface area contributed by atoms with Gasteiger partial charge in [-0.3, -0.25) is 0 Å². The number of alkyl halides is 2. The molecule has 2 aromatic carbocycles. The van der Waals surface area contributed by atoms with Crippen molar-refractivity contribution in [3.05, 3.63) is 104 Å². The molecular formula is C26H22Br2N4S2. The molecule has 0 atom stereocenters. The SMILES string of the molecule is BrCCBr.[C-]#[N+]C1(c2nc(-c3ccccc3)cs2)CC1.[C-]#[N+]Cc1nc(-c2ccccc2)cs1. The normalized spacial score (nSPS) is 12.7. The Labute approximate surface area is 225 Å². The van der Waals surface area contributed by atoms with Crippen molar-refractivity contribution in [1.82, 2.24) is 9.97 Å². The number of halogens is 2. The maximum Gasteiger partial charge on any atom is 0.283 e. The third-order valence-electron chi connectivity index (χ3n) is 4.82. The molecule has 0 amide bonds. The first-order valence-corrected chi connectivity index (χ1v) is 14.5. The fraction of sp³-hybridized carbons (Fsp3) is 0.231. The zero-order valence-electron chi connectivity index (χ0n) is 18.3. The molecule has 0 unspecified atom stereocenters. The van der Waals surface area contributed by atoms with E-state index in [4.69, 9.17) is 13.1 Å².